The molecule has 0 aromatic rings. The Kier molecular flexibility index (Phi) is 1.71. The highest BCUT2D eigenvalue weighted by Crippen LogP contribution is 2.13. The van der Waals surface area contributed by atoms with Crippen molar-refractivity contribution in [2.75, 3.05) is 6.54 Å². The molecule has 3 nitrogen and oxygen atoms in total. The molecular formula is C6H11NO2. The van der Waals surface area contributed by atoms with Gasteiger partial charge in [0.15, 0.2) is 0 Å². The number of hydrogen-bond acceptors (Lipinski definition) is 2. The Morgan fingerprint density at radius 1 is 1.89 bits per heavy atom. The summed E-state index contributed by atoms with van der Waals surface area (Å²) < 4.78 is 0. The van der Waals surface area contributed by atoms with Gasteiger partial charge in [-0.05, 0) is 6.42 Å². The second-order valence-electron chi connectivity index (χ2n) is 2.33. The number of aliphatic hydroxyl groups is 1. The van der Waals surface area contributed by atoms with E-state index in [0.717, 1.165) is 6.42 Å². The van der Waals surface area contributed by atoms with E-state index in [0.29, 0.717) is 6.54 Å². The van der Waals surface area contributed by atoms with E-state index in [9.17, 15) is 4.79 Å². The van der Waals surface area contributed by atoms with E-state index in [1.54, 1.807) is 0 Å². The molecule has 0 aliphatic carbocycles. The van der Waals surface area contributed by atoms with Crippen LogP contribution in [0.15, 0.2) is 0 Å². The summed E-state index contributed by atoms with van der Waals surface area (Å²) in [7, 11) is 0. The maximum Gasteiger partial charge on any atom is 0.225 e. The first-order valence-corrected chi connectivity index (χ1v) is 3.21. The van der Waals surface area contributed by atoms with Crippen molar-refractivity contribution in [3.8, 4) is 0 Å². The van der Waals surface area contributed by atoms with Gasteiger partial charge in [0.25, 0.3) is 0 Å². The number of carbonyl (C=O) groups is 1. The van der Waals surface area contributed by atoms with Crippen LogP contribution < -0.4 is 5.32 Å². The van der Waals surface area contributed by atoms with Crippen LogP contribution in [0.25, 0.3) is 0 Å². The zero-order chi connectivity index (χ0) is 6.85. The van der Waals surface area contributed by atoms with Crippen molar-refractivity contribution in [3.63, 3.8) is 0 Å². The maximum atomic E-state index is 10.7. The summed E-state index contributed by atoms with van der Waals surface area (Å²) in [6, 6.07) is 0. The van der Waals surface area contributed by atoms with Crippen LogP contribution >= 0.6 is 0 Å². The summed E-state index contributed by atoms with van der Waals surface area (Å²) in [5.41, 5.74) is 0. The van der Waals surface area contributed by atoms with Gasteiger partial charge in [-0.3, -0.25) is 4.79 Å². The van der Waals surface area contributed by atoms with Crippen molar-refractivity contribution in [2.24, 2.45) is 5.92 Å². The van der Waals surface area contributed by atoms with E-state index in [1.165, 1.54) is 0 Å². The number of nitrogens with one attached hydrogen (secondary N) is 1. The average molecular weight is 129 g/mol. The standard InChI is InChI=1S/C6H11NO2/c1-2-4-5(8)3-7-6(4)9/h4-5,8H,2-3H2,1H3,(H,7,9). The van der Waals surface area contributed by atoms with E-state index in [1.807, 2.05) is 6.92 Å². The molecule has 9 heavy (non-hydrogen) atoms. The summed E-state index contributed by atoms with van der Waals surface area (Å²) in [6.45, 7) is 2.33. The molecule has 2 unspecified atom stereocenters. The minimum absolute atomic E-state index is 0.00926. The lowest BCUT2D eigenvalue weighted by Crippen LogP contribution is -2.20. The van der Waals surface area contributed by atoms with Crippen molar-refractivity contribution < 1.29 is 9.90 Å². The minimum Gasteiger partial charge on any atom is -0.390 e. The molecule has 1 fully saturated rings. The second kappa shape index (κ2) is 2.35. The predicted molar refractivity (Wildman–Crippen MR) is 32.8 cm³/mol. The van der Waals surface area contributed by atoms with Gasteiger partial charge in [0.2, 0.25) is 5.91 Å². The molecule has 0 aromatic carbocycles. The summed E-state index contributed by atoms with van der Waals surface area (Å²) in [4.78, 5) is 10.7. The fourth-order valence-corrected chi connectivity index (χ4v) is 1.11. The number of rotatable bonds is 1. The van der Waals surface area contributed by atoms with E-state index >= 15 is 0 Å². The molecule has 0 spiro atoms. The van der Waals surface area contributed by atoms with Gasteiger partial charge in [-0.25, -0.2) is 0 Å². The number of β-amino-alcohol motifs (C(OH)–C–C–N with tert-alkyl or cyclic N) is 1. The summed E-state index contributed by atoms with van der Waals surface area (Å²) in [6.07, 6.45) is 0.273. The summed E-state index contributed by atoms with van der Waals surface area (Å²) in [5, 5.41) is 11.7. The van der Waals surface area contributed by atoms with E-state index in [-0.39, 0.29) is 11.8 Å². The molecule has 0 bridgehead atoms. The molecule has 52 valence electrons. The number of aliphatic hydroxyl groups excluding tert-OH is 1. The highest BCUT2D eigenvalue weighted by Gasteiger charge is 2.30. The SMILES string of the molecule is CCC1C(=O)NCC1O. The van der Waals surface area contributed by atoms with Crippen LogP contribution in [-0.2, 0) is 4.79 Å². The maximum absolute atomic E-state index is 10.7. The Morgan fingerprint density at radius 2 is 2.56 bits per heavy atom. The fourth-order valence-electron chi connectivity index (χ4n) is 1.11. The molecule has 1 rings (SSSR count). The lowest BCUT2D eigenvalue weighted by atomic mass is 10.0. The van der Waals surface area contributed by atoms with Crippen molar-refractivity contribution >= 4 is 5.91 Å². The minimum atomic E-state index is -0.456. The first-order valence-electron chi connectivity index (χ1n) is 3.21. The third-order valence-electron chi connectivity index (χ3n) is 1.73. The molecule has 0 saturated carbocycles. The first-order chi connectivity index (χ1) is 4.25. The molecule has 3 heteroatoms. The quantitative estimate of drug-likeness (QED) is 0.501. The molecule has 1 aliphatic heterocycles. The van der Waals surface area contributed by atoms with Gasteiger partial charge in [-0.15, -0.1) is 0 Å². The van der Waals surface area contributed by atoms with Crippen LogP contribution in [0.4, 0.5) is 0 Å². The van der Waals surface area contributed by atoms with Gasteiger partial charge in [0, 0.05) is 6.54 Å². The molecule has 0 aromatic heterocycles. The van der Waals surface area contributed by atoms with Crippen molar-refractivity contribution in [2.45, 2.75) is 19.4 Å². The predicted octanol–water partition coefficient (Wildman–Crippen LogP) is -0.497. The third-order valence-corrected chi connectivity index (χ3v) is 1.73. The highest BCUT2D eigenvalue weighted by molar-refractivity contribution is 5.81. The Hall–Kier alpha value is -0.570. The molecule has 1 amide bonds. The third kappa shape index (κ3) is 1.05. The normalized spacial score (nSPS) is 34.7. The number of amides is 1. The molecular weight excluding hydrogens is 118 g/mol. The zero-order valence-electron chi connectivity index (χ0n) is 5.42. The van der Waals surface area contributed by atoms with Gasteiger partial charge in [0.05, 0.1) is 12.0 Å². The van der Waals surface area contributed by atoms with E-state index in [4.69, 9.17) is 5.11 Å². The van der Waals surface area contributed by atoms with Gasteiger partial charge >= 0.3 is 0 Å². The summed E-state index contributed by atoms with van der Waals surface area (Å²) in [5.74, 6) is -0.171. The Morgan fingerprint density at radius 3 is 2.78 bits per heavy atom. The largest absolute Gasteiger partial charge is 0.390 e. The average Bonchev–Trinajstić information content (AvgIpc) is 2.12. The lowest BCUT2D eigenvalue weighted by Gasteiger charge is -2.05. The van der Waals surface area contributed by atoms with Gasteiger partial charge in [0.1, 0.15) is 0 Å². The van der Waals surface area contributed by atoms with Crippen LogP contribution in [0.1, 0.15) is 13.3 Å². The van der Waals surface area contributed by atoms with Crippen LogP contribution in [0.2, 0.25) is 0 Å². The Labute approximate surface area is 54.1 Å². The first kappa shape index (κ1) is 6.55. The van der Waals surface area contributed by atoms with Gasteiger partial charge < -0.3 is 10.4 Å². The van der Waals surface area contributed by atoms with E-state index in [2.05, 4.69) is 5.32 Å². The topological polar surface area (TPSA) is 49.3 Å². The van der Waals surface area contributed by atoms with Gasteiger partial charge in [-0.1, -0.05) is 6.92 Å². The van der Waals surface area contributed by atoms with Crippen molar-refractivity contribution in [1.29, 1.82) is 0 Å². The number of hydrogen-bond donors (Lipinski definition) is 2. The molecule has 0 radical (unpaired) electrons. The Bertz CT molecular complexity index is 124. The lowest BCUT2D eigenvalue weighted by molar-refractivity contribution is -0.123. The van der Waals surface area contributed by atoms with Crippen molar-refractivity contribution in [1.82, 2.24) is 5.32 Å². The fraction of sp³-hybridized carbons (Fsp3) is 0.833. The molecule has 1 aliphatic rings. The number of carbonyl (C=O) groups excluding carboxylic acids is 1. The van der Waals surface area contributed by atoms with E-state index < -0.39 is 6.10 Å². The Balaban J connectivity index is 2.55. The molecule has 2 N–H and O–H groups in total. The van der Waals surface area contributed by atoms with Crippen molar-refractivity contribution in [3.05, 3.63) is 0 Å². The molecule has 1 saturated heterocycles. The van der Waals surface area contributed by atoms with Crippen LogP contribution in [-0.4, -0.2) is 23.7 Å². The smallest absolute Gasteiger partial charge is 0.225 e. The highest BCUT2D eigenvalue weighted by atomic mass is 16.3. The van der Waals surface area contributed by atoms with Gasteiger partial charge in [-0.2, -0.15) is 0 Å². The van der Waals surface area contributed by atoms with Crippen LogP contribution in [0.3, 0.4) is 0 Å². The molecule has 1 heterocycles. The van der Waals surface area contributed by atoms with Crippen LogP contribution in [0.5, 0.6) is 0 Å². The van der Waals surface area contributed by atoms with Crippen LogP contribution in [0, 0.1) is 5.92 Å². The second-order valence-corrected chi connectivity index (χ2v) is 2.33. The zero-order valence-corrected chi connectivity index (χ0v) is 5.42. The summed E-state index contributed by atoms with van der Waals surface area (Å²) >= 11 is 0. The molecule has 2 atom stereocenters. The monoisotopic (exact) mass is 129 g/mol.